The van der Waals surface area contributed by atoms with Crippen LogP contribution in [0.3, 0.4) is 0 Å². The first kappa shape index (κ1) is 14.2. The molecule has 1 unspecified atom stereocenters. The van der Waals surface area contributed by atoms with Crippen molar-refractivity contribution in [2.75, 3.05) is 13.7 Å². The van der Waals surface area contributed by atoms with E-state index in [1.165, 1.54) is 0 Å². The number of imidazole rings is 1. The van der Waals surface area contributed by atoms with Crippen LogP contribution in [-0.4, -0.2) is 33.0 Å². The maximum Gasteiger partial charge on any atom is 0.106 e. The Kier molecular flexibility index (Phi) is 4.70. The van der Waals surface area contributed by atoms with E-state index < -0.39 is 0 Å². The van der Waals surface area contributed by atoms with Crippen molar-refractivity contribution in [1.82, 2.24) is 24.8 Å². The third kappa shape index (κ3) is 2.86. The molecule has 3 N–H and O–H groups in total. The number of nitrogens with two attached hydrogens (primary N) is 1. The van der Waals surface area contributed by atoms with Crippen LogP contribution in [0.5, 0.6) is 0 Å². The molecule has 8 heteroatoms. The van der Waals surface area contributed by atoms with Gasteiger partial charge in [-0.2, -0.15) is 5.10 Å². The average molecular weight is 329 g/mol. The van der Waals surface area contributed by atoms with Gasteiger partial charge in [-0.25, -0.2) is 10.4 Å². The number of hydrazine groups is 1. The van der Waals surface area contributed by atoms with Crippen molar-refractivity contribution >= 4 is 15.9 Å². The molecule has 7 nitrogen and oxygen atoms in total. The number of aromatic nitrogens is 4. The highest BCUT2D eigenvalue weighted by atomic mass is 79.9. The highest BCUT2D eigenvalue weighted by Crippen LogP contribution is 2.27. The summed E-state index contributed by atoms with van der Waals surface area (Å²) in [5, 5.41) is 4.33. The first-order valence-corrected chi connectivity index (χ1v) is 6.60. The second kappa shape index (κ2) is 6.29. The normalized spacial score (nSPS) is 12.8. The van der Waals surface area contributed by atoms with Crippen LogP contribution in [-0.2, 0) is 18.3 Å². The van der Waals surface area contributed by atoms with Crippen molar-refractivity contribution in [3.63, 3.8) is 0 Å². The molecule has 0 bridgehead atoms. The van der Waals surface area contributed by atoms with E-state index in [9.17, 15) is 0 Å². The van der Waals surface area contributed by atoms with Gasteiger partial charge in [-0.3, -0.25) is 10.5 Å². The molecule has 2 aromatic rings. The summed E-state index contributed by atoms with van der Waals surface area (Å²) in [5.41, 5.74) is 4.72. The fourth-order valence-corrected chi connectivity index (χ4v) is 2.49. The minimum atomic E-state index is -0.193. The smallest absolute Gasteiger partial charge is 0.106 e. The highest BCUT2D eigenvalue weighted by Gasteiger charge is 2.23. The van der Waals surface area contributed by atoms with Crippen LogP contribution < -0.4 is 11.3 Å². The van der Waals surface area contributed by atoms with Crippen LogP contribution in [0.1, 0.15) is 17.4 Å². The molecule has 0 fully saturated rings. The molecule has 1 atom stereocenters. The Hall–Kier alpha value is -1.22. The van der Waals surface area contributed by atoms with E-state index in [1.54, 1.807) is 25.8 Å². The van der Waals surface area contributed by atoms with Crippen LogP contribution in [0.25, 0.3) is 0 Å². The molecule has 2 heterocycles. The minimum Gasteiger partial charge on any atom is -0.383 e. The second-order valence-electron chi connectivity index (χ2n) is 4.12. The molecule has 0 saturated carbocycles. The summed E-state index contributed by atoms with van der Waals surface area (Å²) in [5.74, 6) is 5.71. The second-order valence-corrected chi connectivity index (χ2v) is 4.98. The van der Waals surface area contributed by atoms with Gasteiger partial charge in [0.1, 0.15) is 6.04 Å². The Morgan fingerprint density at radius 1 is 1.53 bits per heavy atom. The zero-order chi connectivity index (χ0) is 13.8. The number of nitrogens with zero attached hydrogens (tertiary/aromatic N) is 4. The highest BCUT2D eigenvalue weighted by molar-refractivity contribution is 9.10. The molecule has 0 aliphatic heterocycles. The molecule has 2 aromatic heterocycles. The van der Waals surface area contributed by atoms with E-state index >= 15 is 0 Å². The Morgan fingerprint density at radius 2 is 2.32 bits per heavy atom. The molecule has 19 heavy (non-hydrogen) atoms. The summed E-state index contributed by atoms with van der Waals surface area (Å²) < 4.78 is 9.78. The lowest BCUT2D eigenvalue weighted by atomic mass is 10.1. The molecule has 0 aromatic carbocycles. The molecule has 0 radical (unpaired) electrons. The summed E-state index contributed by atoms with van der Waals surface area (Å²) in [4.78, 5) is 4.12. The van der Waals surface area contributed by atoms with Crippen molar-refractivity contribution in [3.05, 3.63) is 34.6 Å². The van der Waals surface area contributed by atoms with Crippen molar-refractivity contribution in [2.45, 2.75) is 12.6 Å². The number of methoxy groups -OCH3 is 1. The van der Waals surface area contributed by atoms with Gasteiger partial charge in [0.25, 0.3) is 0 Å². The average Bonchev–Trinajstić information content (AvgIpc) is 2.97. The van der Waals surface area contributed by atoms with E-state index in [0.29, 0.717) is 13.2 Å². The van der Waals surface area contributed by atoms with Gasteiger partial charge < -0.3 is 9.30 Å². The van der Waals surface area contributed by atoms with E-state index in [-0.39, 0.29) is 6.04 Å². The lowest BCUT2D eigenvalue weighted by Gasteiger charge is -2.18. The maximum absolute atomic E-state index is 5.71. The standard InChI is InChI=1S/C11H17BrN6O/c1-17-7-14-6-9(17)10(16-13)11-8(12)5-15-18(11)3-4-19-2/h5-7,10,16H,3-4,13H2,1-2H3. The summed E-state index contributed by atoms with van der Waals surface area (Å²) in [6, 6.07) is -0.193. The molecule has 0 aliphatic rings. The van der Waals surface area contributed by atoms with Crippen LogP contribution in [0.2, 0.25) is 0 Å². The molecule has 0 spiro atoms. The molecule has 104 valence electrons. The van der Waals surface area contributed by atoms with Gasteiger partial charge in [0.15, 0.2) is 0 Å². The van der Waals surface area contributed by atoms with Crippen LogP contribution in [0.15, 0.2) is 23.2 Å². The van der Waals surface area contributed by atoms with Gasteiger partial charge in [-0.15, -0.1) is 0 Å². The molecule has 0 saturated heterocycles. The largest absolute Gasteiger partial charge is 0.383 e. The lowest BCUT2D eigenvalue weighted by molar-refractivity contribution is 0.182. The monoisotopic (exact) mass is 328 g/mol. The predicted molar refractivity (Wildman–Crippen MR) is 74.2 cm³/mol. The SMILES string of the molecule is COCCn1ncc(Br)c1C(NN)c1cncn1C. The Morgan fingerprint density at radius 3 is 2.89 bits per heavy atom. The van der Waals surface area contributed by atoms with E-state index in [4.69, 9.17) is 10.6 Å². The van der Waals surface area contributed by atoms with Gasteiger partial charge in [0, 0.05) is 14.2 Å². The van der Waals surface area contributed by atoms with Crippen molar-refractivity contribution in [3.8, 4) is 0 Å². The predicted octanol–water partition coefficient (Wildman–Crippen LogP) is 0.578. The van der Waals surface area contributed by atoms with E-state index in [1.807, 2.05) is 16.3 Å². The molecular formula is C11H17BrN6O. The van der Waals surface area contributed by atoms with E-state index in [0.717, 1.165) is 15.9 Å². The first-order chi connectivity index (χ1) is 9.19. The first-order valence-electron chi connectivity index (χ1n) is 5.81. The van der Waals surface area contributed by atoms with Crippen molar-refractivity contribution in [2.24, 2.45) is 12.9 Å². The minimum absolute atomic E-state index is 0.193. The zero-order valence-electron chi connectivity index (χ0n) is 10.9. The number of hydrogen-bond donors (Lipinski definition) is 2. The Labute approximate surface area is 119 Å². The molecule has 0 amide bonds. The third-order valence-electron chi connectivity index (χ3n) is 2.93. The zero-order valence-corrected chi connectivity index (χ0v) is 12.5. The summed E-state index contributed by atoms with van der Waals surface area (Å²) in [6.45, 7) is 1.25. The lowest BCUT2D eigenvalue weighted by Crippen LogP contribution is -2.32. The fraction of sp³-hybridized carbons (Fsp3) is 0.455. The molecule has 2 rings (SSSR count). The number of nitrogens with one attached hydrogen (secondary N) is 1. The van der Waals surface area contributed by atoms with Gasteiger partial charge >= 0.3 is 0 Å². The summed E-state index contributed by atoms with van der Waals surface area (Å²) in [7, 11) is 3.59. The van der Waals surface area contributed by atoms with Crippen molar-refractivity contribution < 1.29 is 4.74 Å². The Balaban J connectivity index is 2.38. The van der Waals surface area contributed by atoms with Crippen LogP contribution in [0, 0.1) is 0 Å². The van der Waals surface area contributed by atoms with E-state index in [2.05, 4.69) is 31.4 Å². The van der Waals surface area contributed by atoms with Gasteiger partial charge in [0.2, 0.25) is 0 Å². The molecule has 0 aliphatic carbocycles. The number of halogens is 1. The van der Waals surface area contributed by atoms with Crippen LogP contribution >= 0.6 is 15.9 Å². The summed E-state index contributed by atoms with van der Waals surface area (Å²) >= 11 is 3.51. The number of ether oxygens (including phenoxy) is 1. The topological polar surface area (TPSA) is 82.9 Å². The Bertz CT molecular complexity index is 537. The maximum atomic E-state index is 5.71. The van der Waals surface area contributed by atoms with Gasteiger partial charge in [0.05, 0.1) is 47.7 Å². The summed E-state index contributed by atoms with van der Waals surface area (Å²) in [6.07, 6.45) is 5.28. The number of rotatable bonds is 6. The van der Waals surface area contributed by atoms with Crippen molar-refractivity contribution in [1.29, 1.82) is 0 Å². The third-order valence-corrected chi connectivity index (χ3v) is 3.54. The quantitative estimate of drug-likeness (QED) is 0.598. The molecular weight excluding hydrogens is 312 g/mol. The van der Waals surface area contributed by atoms with Gasteiger partial charge in [-0.1, -0.05) is 0 Å². The number of aryl methyl sites for hydroxylation is 1. The van der Waals surface area contributed by atoms with Crippen LogP contribution in [0.4, 0.5) is 0 Å². The van der Waals surface area contributed by atoms with Gasteiger partial charge in [-0.05, 0) is 15.9 Å². The fourth-order valence-electron chi connectivity index (χ4n) is 1.96. The number of hydrogen-bond acceptors (Lipinski definition) is 5.